The Balaban J connectivity index is 3.43. The molecular weight excluding hydrogens is 232 g/mol. The van der Waals surface area contributed by atoms with Crippen LogP contribution in [0, 0.1) is 0 Å². The van der Waals surface area contributed by atoms with Gasteiger partial charge in [-0.2, -0.15) is 0 Å². The number of rotatable bonds is 14. The Bertz CT molecular complexity index is 151. The average molecular weight is 262 g/mol. The summed E-state index contributed by atoms with van der Waals surface area (Å²) in [5.41, 5.74) is 0. The summed E-state index contributed by atoms with van der Waals surface area (Å²) in [6.45, 7) is 10.2. The molecule has 0 aliphatic carbocycles. The van der Waals surface area contributed by atoms with Crippen LogP contribution in [0.4, 0.5) is 0 Å². The van der Waals surface area contributed by atoms with Crippen molar-refractivity contribution in [1.82, 2.24) is 10.2 Å². The van der Waals surface area contributed by atoms with Crippen LogP contribution >= 0.6 is 0 Å². The lowest BCUT2D eigenvalue weighted by atomic mass is 10.4. The van der Waals surface area contributed by atoms with E-state index in [0.717, 1.165) is 65.6 Å². The van der Waals surface area contributed by atoms with Gasteiger partial charge in [0.25, 0.3) is 0 Å². The molecule has 0 aliphatic heterocycles. The first-order valence-corrected chi connectivity index (χ1v) is 6.83. The van der Waals surface area contributed by atoms with Gasteiger partial charge in [-0.15, -0.1) is 0 Å². The topological polar surface area (TPSA) is 43.0 Å². The molecular formula is C13H30N2O3. The average Bonchev–Trinajstić information content (AvgIpc) is 2.40. The van der Waals surface area contributed by atoms with Crippen LogP contribution in [0.15, 0.2) is 0 Å². The van der Waals surface area contributed by atoms with Gasteiger partial charge < -0.3 is 19.5 Å². The van der Waals surface area contributed by atoms with Crippen molar-refractivity contribution < 1.29 is 14.2 Å². The Hall–Kier alpha value is -0.200. The third-order valence-electron chi connectivity index (χ3n) is 2.67. The van der Waals surface area contributed by atoms with E-state index in [0.29, 0.717) is 0 Å². The van der Waals surface area contributed by atoms with Crippen LogP contribution in [-0.4, -0.2) is 78.3 Å². The van der Waals surface area contributed by atoms with Gasteiger partial charge in [-0.05, 0) is 19.9 Å². The normalized spacial score (nSPS) is 11.3. The zero-order valence-corrected chi connectivity index (χ0v) is 12.2. The second kappa shape index (κ2) is 14.9. The fourth-order valence-corrected chi connectivity index (χ4v) is 1.58. The fraction of sp³-hybridized carbons (Fsp3) is 1.00. The molecule has 0 bridgehead atoms. The van der Waals surface area contributed by atoms with Crippen molar-refractivity contribution in [1.29, 1.82) is 0 Å². The molecule has 5 nitrogen and oxygen atoms in total. The molecule has 0 aliphatic rings. The Kier molecular flexibility index (Phi) is 14.7. The van der Waals surface area contributed by atoms with E-state index >= 15 is 0 Å². The largest absolute Gasteiger partial charge is 0.383 e. The van der Waals surface area contributed by atoms with Gasteiger partial charge in [0.1, 0.15) is 0 Å². The fourth-order valence-electron chi connectivity index (χ4n) is 1.58. The predicted octanol–water partition coefficient (Wildman–Crippen LogP) is 0.597. The molecule has 0 aromatic heterocycles. The highest BCUT2D eigenvalue weighted by molar-refractivity contribution is 4.59. The number of hydrogen-bond donors (Lipinski definition) is 1. The molecule has 0 saturated heterocycles. The van der Waals surface area contributed by atoms with Crippen LogP contribution in [0.1, 0.15) is 13.3 Å². The number of nitrogens with one attached hydrogen (secondary N) is 1. The Morgan fingerprint density at radius 3 is 2.11 bits per heavy atom. The van der Waals surface area contributed by atoms with Gasteiger partial charge in [0.05, 0.1) is 13.2 Å². The Labute approximate surface area is 112 Å². The Morgan fingerprint density at radius 2 is 1.56 bits per heavy atom. The maximum atomic E-state index is 5.28. The second-order valence-electron chi connectivity index (χ2n) is 4.13. The van der Waals surface area contributed by atoms with Crippen molar-refractivity contribution >= 4 is 0 Å². The molecule has 0 radical (unpaired) electrons. The summed E-state index contributed by atoms with van der Waals surface area (Å²) >= 11 is 0. The van der Waals surface area contributed by atoms with E-state index in [1.165, 1.54) is 0 Å². The number of methoxy groups -OCH3 is 2. The second-order valence-corrected chi connectivity index (χ2v) is 4.13. The van der Waals surface area contributed by atoms with E-state index < -0.39 is 0 Å². The highest BCUT2D eigenvalue weighted by atomic mass is 16.5. The lowest BCUT2D eigenvalue weighted by Crippen LogP contribution is -2.36. The van der Waals surface area contributed by atoms with E-state index in [-0.39, 0.29) is 0 Å². The van der Waals surface area contributed by atoms with Crippen molar-refractivity contribution in [2.45, 2.75) is 13.3 Å². The zero-order chi connectivity index (χ0) is 13.5. The minimum atomic E-state index is 0.772. The molecule has 0 atom stereocenters. The highest BCUT2D eigenvalue weighted by Gasteiger charge is 2.03. The highest BCUT2D eigenvalue weighted by Crippen LogP contribution is 1.88. The lowest BCUT2D eigenvalue weighted by molar-refractivity contribution is 0.114. The third kappa shape index (κ3) is 12.3. The predicted molar refractivity (Wildman–Crippen MR) is 74.2 cm³/mol. The molecule has 1 N–H and O–H groups in total. The summed E-state index contributed by atoms with van der Waals surface area (Å²) in [5, 5.41) is 3.42. The number of hydrogen-bond acceptors (Lipinski definition) is 5. The molecule has 0 amide bonds. The maximum absolute atomic E-state index is 5.28. The number of nitrogens with zero attached hydrogens (tertiary/aromatic N) is 1. The van der Waals surface area contributed by atoms with E-state index in [1.54, 1.807) is 14.2 Å². The van der Waals surface area contributed by atoms with Crippen LogP contribution in [0.3, 0.4) is 0 Å². The summed E-state index contributed by atoms with van der Waals surface area (Å²) < 4.78 is 15.5. The van der Waals surface area contributed by atoms with Crippen molar-refractivity contribution in [3.63, 3.8) is 0 Å². The van der Waals surface area contributed by atoms with E-state index in [1.807, 2.05) is 6.92 Å². The monoisotopic (exact) mass is 262 g/mol. The first-order valence-electron chi connectivity index (χ1n) is 6.83. The van der Waals surface area contributed by atoms with Gasteiger partial charge in [-0.25, -0.2) is 0 Å². The van der Waals surface area contributed by atoms with Gasteiger partial charge >= 0.3 is 0 Å². The van der Waals surface area contributed by atoms with Crippen molar-refractivity contribution in [2.75, 3.05) is 73.4 Å². The van der Waals surface area contributed by atoms with Crippen LogP contribution in [0.2, 0.25) is 0 Å². The molecule has 0 aromatic rings. The summed E-state index contributed by atoms with van der Waals surface area (Å²) in [6.07, 6.45) is 1.07. The molecule has 5 heteroatoms. The van der Waals surface area contributed by atoms with Crippen LogP contribution in [0.25, 0.3) is 0 Å². The lowest BCUT2D eigenvalue weighted by Gasteiger charge is -2.21. The summed E-state index contributed by atoms with van der Waals surface area (Å²) in [6, 6.07) is 0. The van der Waals surface area contributed by atoms with Gasteiger partial charge in [-0.3, -0.25) is 4.90 Å². The van der Waals surface area contributed by atoms with E-state index in [9.17, 15) is 0 Å². The number of ether oxygens (including phenoxy) is 3. The van der Waals surface area contributed by atoms with Crippen LogP contribution < -0.4 is 5.32 Å². The van der Waals surface area contributed by atoms with Crippen molar-refractivity contribution in [3.8, 4) is 0 Å². The van der Waals surface area contributed by atoms with Crippen molar-refractivity contribution in [3.05, 3.63) is 0 Å². The zero-order valence-electron chi connectivity index (χ0n) is 12.2. The van der Waals surface area contributed by atoms with Crippen LogP contribution in [-0.2, 0) is 14.2 Å². The molecule has 0 unspecified atom stereocenters. The van der Waals surface area contributed by atoms with Gasteiger partial charge in [0, 0.05) is 53.6 Å². The van der Waals surface area contributed by atoms with E-state index in [2.05, 4.69) is 10.2 Å². The molecule has 0 saturated carbocycles. The molecule has 0 heterocycles. The SMILES string of the molecule is CCOCCCNCCN(CCOC)CCOC. The van der Waals surface area contributed by atoms with E-state index in [4.69, 9.17) is 14.2 Å². The molecule has 18 heavy (non-hydrogen) atoms. The minimum absolute atomic E-state index is 0.772. The smallest absolute Gasteiger partial charge is 0.0589 e. The van der Waals surface area contributed by atoms with Crippen LogP contribution in [0.5, 0.6) is 0 Å². The van der Waals surface area contributed by atoms with Gasteiger partial charge in [0.2, 0.25) is 0 Å². The first kappa shape index (κ1) is 17.8. The van der Waals surface area contributed by atoms with Gasteiger partial charge in [-0.1, -0.05) is 0 Å². The molecule has 0 aromatic carbocycles. The summed E-state index contributed by atoms with van der Waals surface area (Å²) in [7, 11) is 3.47. The summed E-state index contributed by atoms with van der Waals surface area (Å²) in [4.78, 5) is 2.35. The quantitative estimate of drug-likeness (QED) is 0.464. The maximum Gasteiger partial charge on any atom is 0.0589 e. The standard InChI is InChI=1S/C13H30N2O3/c1-4-18-11-5-6-14-7-8-15(9-12-16-2)10-13-17-3/h14H,4-13H2,1-3H3. The molecule has 0 spiro atoms. The first-order chi connectivity index (χ1) is 8.85. The molecule has 0 rings (SSSR count). The Morgan fingerprint density at radius 1 is 0.889 bits per heavy atom. The molecule has 0 fully saturated rings. The summed E-state index contributed by atoms with van der Waals surface area (Å²) in [5.74, 6) is 0. The minimum Gasteiger partial charge on any atom is -0.383 e. The molecule has 110 valence electrons. The van der Waals surface area contributed by atoms with Crippen molar-refractivity contribution in [2.24, 2.45) is 0 Å². The van der Waals surface area contributed by atoms with Gasteiger partial charge in [0.15, 0.2) is 0 Å². The third-order valence-corrected chi connectivity index (χ3v) is 2.67.